The molecule has 4 heteroatoms. The SMILES string of the molecule is CC(C(N)=O)N1C2CCC1CC(=O)C2. The number of Topliss-reactive ketones (excluding diaryl/α,β-unsaturated/α-hetero) is 1. The first kappa shape index (κ1) is 9.65. The molecule has 2 aliphatic heterocycles. The van der Waals surface area contributed by atoms with Crippen LogP contribution in [-0.2, 0) is 9.59 Å². The predicted octanol–water partition coefficient (Wildman–Crippen LogP) is 0.0561. The molecule has 2 fully saturated rings. The van der Waals surface area contributed by atoms with E-state index in [4.69, 9.17) is 5.73 Å². The molecule has 2 saturated heterocycles. The van der Waals surface area contributed by atoms with Crippen LogP contribution in [0.25, 0.3) is 0 Å². The van der Waals surface area contributed by atoms with E-state index >= 15 is 0 Å². The summed E-state index contributed by atoms with van der Waals surface area (Å²) in [4.78, 5) is 24.6. The van der Waals surface area contributed by atoms with Crippen LogP contribution in [0, 0.1) is 0 Å². The van der Waals surface area contributed by atoms with E-state index in [9.17, 15) is 9.59 Å². The van der Waals surface area contributed by atoms with Crippen LogP contribution >= 0.6 is 0 Å². The van der Waals surface area contributed by atoms with Crippen LogP contribution in [0.3, 0.4) is 0 Å². The molecule has 1 amide bonds. The van der Waals surface area contributed by atoms with Gasteiger partial charge in [-0.3, -0.25) is 14.5 Å². The highest BCUT2D eigenvalue weighted by molar-refractivity contribution is 5.83. The molecule has 0 aromatic carbocycles. The number of hydrogen-bond donors (Lipinski definition) is 1. The number of piperidine rings is 1. The van der Waals surface area contributed by atoms with Gasteiger partial charge in [0, 0.05) is 24.9 Å². The predicted molar refractivity (Wildman–Crippen MR) is 51.5 cm³/mol. The second-order valence-electron chi connectivity index (χ2n) is 4.36. The lowest BCUT2D eigenvalue weighted by Crippen LogP contribution is -2.52. The Morgan fingerprint density at radius 1 is 1.43 bits per heavy atom. The fourth-order valence-corrected chi connectivity index (χ4v) is 2.78. The Hall–Kier alpha value is -0.900. The van der Waals surface area contributed by atoms with Crippen LogP contribution in [0.2, 0.25) is 0 Å². The highest BCUT2D eigenvalue weighted by atomic mass is 16.1. The van der Waals surface area contributed by atoms with E-state index in [1.54, 1.807) is 0 Å². The molecular formula is C10H16N2O2. The smallest absolute Gasteiger partial charge is 0.234 e. The summed E-state index contributed by atoms with van der Waals surface area (Å²) in [6.07, 6.45) is 3.28. The van der Waals surface area contributed by atoms with Crippen LogP contribution in [0.15, 0.2) is 0 Å². The molecule has 2 heterocycles. The minimum absolute atomic E-state index is 0.222. The molecule has 2 aliphatic rings. The lowest BCUT2D eigenvalue weighted by molar-refractivity contribution is -0.130. The number of amides is 1. The van der Waals surface area contributed by atoms with E-state index < -0.39 is 0 Å². The third kappa shape index (κ3) is 1.43. The quantitative estimate of drug-likeness (QED) is 0.679. The molecule has 4 nitrogen and oxygen atoms in total. The molecule has 3 atom stereocenters. The van der Waals surface area contributed by atoms with Crippen molar-refractivity contribution in [3.63, 3.8) is 0 Å². The van der Waals surface area contributed by atoms with Gasteiger partial charge in [-0.05, 0) is 19.8 Å². The molecule has 2 rings (SSSR count). The Bertz CT molecular complexity index is 261. The lowest BCUT2D eigenvalue weighted by Gasteiger charge is -2.37. The van der Waals surface area contributed by atoms with E-state index in [1.807, 2.05) is 6.92 Å². The van der Waals surface area contributed by atoms with Crippen molar-refractivity contribution in [2.75, 3.05) is 0 Å². The van der Waals surface area contributed by atoms with Crippen molar-refractivity contribution in [3.8, 4) is 0 Å². The van der Waals surface area contributed by atoms with Crippen molar-refractivity contribution in [3.05, 3.63) is 0 Å². The number of nitrogens with zero attached hydrogens (tertiary/aromatic N) is 1. The van der Waals surface area contributed by atoms with Crippen molar-refractivity contribution in [2.24, 2.45) is 5.73 Å². The highest BCUT2D eigenvalue weighted by Crippen LogP contribution is 2.35. The van der Waals surface area contributed by atoms with Gasteiger partial charge in [0.1, 0.15) is 5.78 Å². The summed E-state index contributed by atoms with van der Waals surface area (Å²) in [7, 11) is 0. The number of ketones is 1. The summed E-state index contributed by atoms with van der Waals surface area (Å²) in [5.41, 5.74) is 5.29. The zero-order chi connectivity index (χ0) is 10.3. The molecule has 78 valence electrons. The number of carbonyl (C=O) groups excluding carboxylic acids is 2. The Balaban J connectivity index is 2.14. The van der Waals surface area contributed by atoms with Gasteiger partial charge in [-0.15, -0.1) is 0 Å². The minimum atomic E-state index is -0.281. The fraction of sp³-hybridized carbons (Fsp3) is 0.800. The number of hydrogen-bond acceptors (Lipinski definition) is 3. The largest absolute Gasteiger partial charge is 0.368 e. The topological polar surface area (TPSA) is 63.4 Å². The van der Waals surface area contributed by atoms with E-state index in [0.29, 0.717) is 18.6 Å². The summed E-state index contributed by atoms with van der Waals surface area (Å²) in [6.45, 7) is 1.84. The zero-order valence-electron chi connectivity index (χ0n) is 8.40. The second kappa shape index (κ2) is 3.35. The Labute approximate surface area is 83.4 Å². The zero-order valence-corrected chi connectivity index (χ0v) is 8.40. The molecule has 0 aromatic rings. The summed E-state index contributed by atoms with van der Waals surface area (Å²) >= 11 is 0. The van der Waals surface area contributed by atoms with Gasteiger partial charge in [0.15, 0.2) is 0 Å². The Kier molecular flexibility index (Phi) is 2.31. The number of primary amides is 1. The molecule has 2 N–H and O–H groups in total. The summed E-state index contributed by atoms with van der Waals surface area (Å²) in [6, 6.07) is 0.313. The number of nitrogens with two attached hydrogens (primary N) is 1. The summed E-state index contributed by atoms with van der Waals surface area (Å²) in [5, 5.41) is 0. The molecule has 0 aliphatic carbocycles. The van der Waals surface area contributed by atoms with Crippen molar-refractivity contribution < 1.29 is 9.59 Å². The first-order chi connectivity index (χ1) is 6.59. The molecule has 0 aromatic heterocycles. The van der Waals surface area contributed by atoms with Gasteiger partial charge in [0.25, 0.3) is 0 Å². The van der Waals surface area contributed by atoms with Gasteiger partial charge >= 0.3 is 0 Å². The monoisotopic (exact) mass is 196 g/mol. The normalized spacial score (nSPS) is 34.5. The van der Waals surface area contributed by atoms with Crippen molar-refractivity contribution in [1.29, 1.82) is 0 Å². The van der Waals surface area contributed by atoms with Gasteiger partial charge < -0.3 is 5.73 Å². The highest BCUT2D eigenvalue weighted by Gasteiger charge is 2.43. The van der Waals surface area contributed by atoms with Gasteiger partial charge in [-0.25, -0.2) is 0 Å². The number of rotatable bonds is 2. The molecule has 0 saturated carbocycles. The van der Waals surface area contributed by atoms with E-state index in [0.717, 1.165) is 12.8 Å². The van der Waals surface area contributed by atoms with Crippen molar-refractivity contribution in [1.82, 2.24) is 4.90 Å². The first-order valence-corrected chi connectivity index (χ1v) is 5.18. The molecule has 2 bridgehead atoms. The van der Waals surface area contributed by atoms with E-state index in [-0.39, 0.29) is 24.0 Å². The summed E-state index contributed by atoms with van der Waals surface area (Å²) < 4.78 is 0. The molecule has 3 unspecified atom stereocenters. The third-order valence-corrected chi connectivity index (χ3v) is 3.46. The van der Waals surface area contributed by atoms with E-state index in [2.05, 4.69) is 4.90 Å². The van der Waals surface area contributed by atoms with Crippen LogP contribution in [-0.4, -0.2) is 34.7 Å². The molecule has 0 radical (unpaired) electrons. The second-order valence-corrected chi connectivity index (χ2v) is 4.36. The molecule has 14 heavy (non-hydrogen) atoms. The Morgan fingerprint density at radius 3 is 2.36 bits per heavy atom. The van der Waals surface area contributed by atoms with E-state index in [1.165, 1.54) is 0 Å². The first-order valence-electron chi connectivity index (χ1n) is 5.18. The molecule has 0 spiro atoms. The minimum Gasteiger partial charge on any atom is -0.368 e. The maximum Gasteiger partial charge on any atom is 0.234 e. The van der Waals surface area contributed by atoms with Crippen LogP contribution in [0.4, 0.5) is 0 Å². The average molecular weight is 196 g/mol. The summed E-state index contributed by atoms with van der Waals surface area (Å²) in [5.74, 6) is 0.0571. The average Bonchev–Trinajstić information content (AvgIpc) is 2.37. The fourth-order valence-electron chi connectivity index (χ4n) is 2.78. The maximum absolute atomic E-state index is 11.3. The molecular weight excluding hydrogens is 180 g/mol. The standard InChI is InChI=1S/C10H16N2O2/c1-6(10(11)14)12-7-2-3-8(12)5-9(13)4-7/h6-8H,2-5H2,1H3,(H2,11,14). The van der Waals surface area contributed by atoms with Gasteiger partial charge in [-0.1, -0.05) is 0 Å². The third-order valence-electron chi connectivity index (χ3n) is 3.46. The van der Waals surface area contributed by atoms with Gasteiger partial charge in [0.2, 0.25) is 5.91 Å². The number of carbonyl (C=O) groups is 2. The Morgan fingerprint density at radius 2 is 1.93 bits per heavy atom. The van der Waals surface area contributed by atoms with Gasteiger partial charge in [-0.2, -0.15) is 0 Å². The van der Waals surface area contributed by atoms with Crippen LogP contribution < -0.4 is 5.73 Å². The number of fused-ring (bicyclic) bond motifs is 2. The van der Waals surface area contributed by atoms with Crippen molar-refractivity contribution in [2.45, 2.75) is 50.7 Å². The lowest BCUT2D eigenvalue weighted by atomic mass is 9.99. The van der Waals surface area contributed by atoms with Gasteiger partial charge in [0.05, 0.1) is 6.04 Å². The maximum atomic E-state index is 11.3. The van der Waals surface area contributed by atoms with Crippen LogP contribution in [0.1, 0.15) is 32.6 Å². The van der Waals surface area contributed by atoms with Crippen molar-refractivity contribution >= 4 is 11.7 Å². The van der Waals surface area contributed by atoms with Crippen LogP contribution in [0.5, 0.6) is 0 Å².